The van der Waals surface area contributed by atoms with Gasteiger partial charge in [-0.05, 0) is 52.8 Å². The van der Waals surface area contributed by atoms with Crippen molar-refractivity contribution < 1.29 is 4.74 Å². The van der Waals surface area contributed by atoms with Gasteiger partial charge in [0.1, 0.15) is 5.75 Å². The van der Waals surface area contributed by atoms with Gasteiger partial charge in [-0.2, -0.15) is 0 Å². The van der Waals surface area contributed by atoms with Crippen LogP contribution in [-0.4, -0.2) is 13.8 Å². The van der Waals surface area contributed by atoms with E-state index < -0.39 is 7.92 Å². The van der Waals surface area contributed by atoms with Crippen LogP contribution >= 0.6 is 7.92 Å². The number of benzene rings is 5. The zero-order chi connectivity index (χ0) is 20.5. The Morgan fingerprint density at radius 3 is 1.80 bits per heavy atom. The van der Waals surface area contributed by atoms with E-state index in [1.807, 2.05) is 0 Å². The summed E-state index contributed by atoms with van der Waals surface area (Å²) < 4.78 is 5.90. The highest BCUT2D eigenvalue weighted by Gasteiger charge is 2.21. The molecule has 2 heteroatoms. The molecule has 0 fully saturated rings. The van der Waals surface area contributed by atoms with Gasteiger partial charge in [-0.3, -0.25) is 0 Å². The molecule has 1 unspecified atom stereocenters. The summed E-state index contributed by atoms with van der Waals surface area (Å²) in [6.07, 6.45) is 0. The summed E-state index contributed by atoms with van der Waals surface area (Å²) in [6, 6.07) is 36.9. The number of methoxy groups -OCH3 is 1. The van der Waals surface area contributed by atoms with Crippen LogP contribution in [0.25, 0.3) is 32.7 Å². The van der Waals surface area contributed by atoms with E-state index >= 15 is 0 Å². The zero-order valence-electron chi connectivity index (χ0n) is 17.2. The van der Waals surface area contributed by atoms with Crippen molar-refractivity contribution in [1.29, 1.82) is 0 Å². The molecule has 0 N–H and O–H groups in total. The maximum absolute atomic E-state index is 5.90. The lowest BCUT2D eigenvalue weighted by molar-refractivity contribution is 0.417. The summed E-state index contributed by atoms with van der Waals surface area (Å²) in [7, 11) is 1.25. The first-order chi connectivity index (χ1) is 14.8. The number of hydrogen-bond donors (Lipinski definition) is 0. The third-order valence-electron chi connectivity index (χ3n) is 5.77. The van der Waals surface area contributed by atoms with Crippen LogP contribution < -0.4 is 15.3 Å². The molecule has 0 saturated carbocycles. The van der Waals surface area contributed by atoms with Gasteiger partial charge in [0, 0.05) is 11.1 Å². The average Bonchev–Trinajstić information content (AvgIpc) is 2.82. The molecule has 5 aromatic carbocycles. The average molecular weight is 406 g/mol. The van der Waals surface area contributed by atoms with Crippen LogP contribution in [0, 0.1) is 0 Å². The first kappa shape index (κ1) is 18.9. The molecule has 0 bridgehead atoms. The Labute approximate surface area is 178 Å². The lowest BCUT2D eigenvalue weighted by Crippen LogP contribution is -2.14. The van der Waals surface area contributed by atoms with E-state index in [0.29, 0.717) is 0 Å². The smallest absolute Gasteiger partial charge is 0.127 e. The van der Waals surface area contributed by atoms with Gasteiger partial charge in [-0.15, -0.1) is 0 Å². The van der Waals surface area contributed by atoms with Gasteiger partial charge >= 0.3 is 0 Å². The Balaban J connectivity index is 1.91. The summed E-state index contributed by atoms with van der Waals surface area (Å²) in [5.74, 6) is 0.919. The Morgan fingerprint density at radius 2 is 1.13 bits per heavy atom. The second kappa shape index (κ2) is 7.94. The molecular weight excluding hydrogens is 383 g/mol. The van der Waals surface area contributed by atoms with Crippen molar-refractivity contribution >= 4 is 40.1 Å². The summed E-state index contributed by atoms with van der Waals surface area (Å²) in [4.78, 5) is 0. The molecule has 30 heavy (non-hydrogen) atoms. The molecule has 0 radical (unpaired) electrons. The Kier molecular flexibility index (Phi) is 4.99. The molecule has 1 nitrogen and oxygen atoms in total. The lowest BCUT2D eigenvalue weighted by atomic mass is 9.93. The van der Waals surface area contributed by atoms with Crippen LogP contribution in [-0.2, 0) is 0 Å². The van der Waals surface area contributed by atoms with Gasteiger partial charge in [0.25, 0.3) is 0 Å². The molecule has 0 heterocycles. The number of ether oxygens (including phenoxy) is 1. The van der Waals surface area contributed by atoms with E-state index in [0.717, 1.165) is 5.75 Å². The molecule has 0 spiro atoms. The van der Waals surface area contributed by atoms with Crippen molar-refractivity contribution in [3.8, 4) is 16.9 Å². The van der Waals surface area contributed by atoms with E-state index in [1.165, 1.54) is 43.3 Å². The van der Waals surface area contributed by atoms with Gasteiger partial charge in [-0.25, -0.2) is 0 Å². The fourth-order valence-corrected chi connectivity index (χ4v) is 6.04. The minimum atomic E-state index is -0.517. The second-order valence-electron chi connectivity index (χ2n) is 7.44. The molecule has 0 saturated heterocycles. The van der Waals surface area contributed by atoms with Gasteiger partial charge in [-0.1, -0.05) is 97.1 Å². The molecule has 0 aromatic heterocycles. The normalized spacial score (nSPS) is 12.2. The molecule has 5 aromatic rings. The number of hydrogen-bond acceptors (Lipinski definition) is 1. The summed E-state index contributed by atoms with van der Waals surface area (Å²) in [5.41, 5.74) is 2.48. The molecule has 0 amide bonds. The van der Waals surface area contributed by atoms with Gasteiger partial charge in [0.15, 0.2) is 0 Å². The third kappa shape index (κ3) is 3.16. The quantitative estimate of drug-likeness (QED) is 0.301. The minimum absolute atomic E-state index is 0.517. The Bertz CT molecular complexity index is 1340. The summed E-state index contributed by atoms with van der Waals surface area (Å²) in [6.45, 7) is 2.36. The first-order valence-electron chi connectivity index (χ1n) is 10.1. The highest BCUT2D eigenvalue weighted by Crippen LogP contribution is 2.44. The molecule has 0 aliphatic carbocycles. The predicted octanol–water partition coefficient (Wildman–Crippen LogP) is 6.73. The Hall–Kier alpha value is -3.15. The molecule has 1 atom stereocenters. The highest BCUT2D eigenvalue weighted by molar-refractivity contribution is 7.72. The lowest BCUT2D eigenvalue weighted by Gasteiger charge is -2.22. The van der Waals surface area contributed by atoms with E-state index in [9.17, 15) is 0 Å². The SMILES string of the molecule is COc1ccc2ccccc2c1-c1c(P(C)c2ccccc2)ccc2ccccc12. The minimum Gasteiger partial charge on any atom is -0.496 e. The van der Waals surface area contributed by atoms with Crippen molar-refractivity contribution in [1.82, 2.24) is 0 Å². The zero-order valence-corrected chi connectivity index (χ0v) is 18.1. The fourth-order valence-electron chi connectivity index (χ4n) is 4.27. The Morgan fingerprint density at radius 1 is 0.567 bits per heavy atom. The molecule has 5 rings (SSSR count). The maximum Gasteiger partial charge on any atom is 0.127 e. The second-order valence-corrected chi connectivity index (χ2v) is 9.56. The van der Waals surface area contributed by atoms with Gasteiger partial charge in [0.2, 0.25) is 0 Å². The third-order valence-corrected chi connectivity index (χ3v) is 7.94. The van der Waals surface area contributed by atoms with Crippen LogP contribution in [0.4, 0.5) is 0 Å². The van der Waals surface area contributed by atoms with Crippen LogP contribution in [0.15, 0.2) is 103 Å². The van der Waals surface area contributed by atoms with Gasteiger partial charge < -0.3 is 4.74 Å². The van der Waals surface area contributed by atoms with Crippen molar-refractivity contribution in [2.24, 2.45) is 0 Å². The van der Waals surface area contributed by atoms with E-state index in [4.69, 9.17) is 4.74 Å². The summed E-state index contributed by atoms with van der Waals surface area (Å²) in [5, 5.41) is 7.74. The molecule has 146 valence electrons. The topological polar surface area (TPSA) is 9.23 Å². The highest BCUT2D eigenvalue weighted by atomic mass is 31.1. The van der Waals surface area contributed by atoms with Crippen molar-refractivity contribution in [3.05, 3.63) is 103 Å². The van der Waals surface area contributed by atoms with Crippen LogP contribution in [0.1, 0.15) is 0 Å². The number of fused-ring (bicyclic) bond motifs is 2. The fraction of sp³-hybridized carbons (Fsp3) is 0.0714. The van der Waals surface area contributed by atoms with Crippen LogP contribution in [0.5, 0.6) is 5.75 Å². The van der Waals surface area contributed by atoms with Crippen molar-refractivity contribution in [2.45, 2.75) is 0 Å². The standard InChI is InChI=1S/C28H23OP/c1-29-25-18-16-20-10-6-8-14-23(20)27(25)28-24-15-9-7-11-21(24)17-19-26(28)30(2)22-12-4-3-5-13-22/h3-19H,1-2H3. The molecule has 0 aliphatic heterocycles. The number of rotatable bonds is 4. The van der Waals surface area contributed by atoms with Crippen molar-refractivity contribution in [2.75, 3.05) is 13.8 Å². The van der Waals surface area contributed by atoms with Crippen LogP contribution in [0.3, 0.4) is 0 Å². The summed E-state index contributed by atoms with van der Waals surface area (Å²) >= 11 is 0. The predicted molar refractivity (Wildman–Crippen MR) is 132 cm³/mol. The van der Waals surface area contributed by atoms with Crippen molar-refractivity contribution in [3.63, 3.8) is 0 Å². The van der Waals surface area contributed by atoms with E-state index in [2.05, 4.69) is 110 Å². The van der Waals surface area contributed by atoms with Gasteiger partial charge in [0.05, 0.1) is 7.11 Å². The molecule has 0 aliphatic rings. The largest absolute Gasteiger partial charge is 0.496 e. The van der Waals surface area contributed by atoms with E-state index in [1.54, 1.807) is 7.11 Å². The maximum atomic E-state index is 5.90. The monoisotopic (exact) mass is 406 g/mol. The van der Waals surface area contributed by atoms with E-state index in [-0.39, 0.29) is 0 Å². The van der Waals surface area contributed by atoms with Crippen LogP contribution in [0.2, 0.25) is 0 Å². The first-order valence-corrected chi connectivity index (χ1v) is 11.9. The molecular formula is C28H23OP.